The second kappa shape index (κ2) is 6.51. The average molecular weight is 325 g/mol. The van der Waals surface area contributed by atoms with Crippen molar-refractivity contribution in [2.75, 3.05) is 0 Å². The minimum absolute atomic E-state index is 0.357. The van der Waals surface area contributed by atoms with Gasteiger partial charge in [-0.25, -0.2) is 4.39 Å². The number of benzene rings is 2. The van der Waals surface area contributed by atoms with Crippen LogP contribution in [0.25, 0.3) is 5.57 Å². The minimum Gasteiger partial charge on any atom is -0.406 e. The zero-order valence-corrected chi connectivity index (χ0v) is 11.6. The number of rotatable bonds is 4. The van der Waals surface area contributed by atoms with Gasteiger partial charge in [-0.1, -0.05) is 24.3 Å². The Balaban J connectivity index is 2.37. The third-order valence-electron chi connectivity index (χ3n) is 2.84. The number of nitrogens with two attached hydrogens (primary N) is 1. The molecule has 0 bridgehead atoms. The summed E-state index contributed by atoms with van der Waals surface area (Å²) in [5.41, 5.74) is 6.44. The van der Waals surface area contributed by atoms with Crippen LogP contribution < -0.4 is 10.5 Å². The van der Waals surface area contributed by atoms with Gasteiger partial charge in [0.2, 0.25) is 5.91 Å². The first-order valence-electron chi connectivity index (χ1n) is 6.38. The maximum atomic E-state index is 13.0. The lowest BCUT2D eigenvalue weighted by atomic mass is 9.97. The van der Waals surface area contributed by atoms with Crippen LogP contribution in [0.15, 0.2) is 54.6 Å². The summed E-state index contributed by atoms with van der Waals surface area (Å²) >= 11 is 0. The molecule has 0 saturated carbocycles. The summed E-state index contributed by atoms with van der Waals surface area (Å²) in [4.78, 5) is 11.2. The second-order valence-electron chi connectivity index (χ2n) is 4.54. The van der Waals surface area contributed by atoms with Gasteiger partial charge in [-0.2, -0.15) is 0 Å². The van der Waals surface area contributed by atoms with Gasteiger partial charge in [0, 0.05) is 6.08 Å². The monoisotopic (exact) mass is 325 g/mol. The lowest BCUT2D eigenvalue weighted by Gasteiger charge is -2.11. The summed E-state index contributed by atoms with van der Waals surface area (Å²) in [7, 11) is 0. The Hall–Kier alpha value is -2.83. The summed E-state index contributed by atoms with van der Waals surface area (Å²) in [5, 5.41) is 0. The lowest BCUT2D eigenvalue weighted by molar-refractivity contribution is -0.274. The van der Waals surface area contributed by atoms with E-state index in [1.807, 2.05) is 0 Å². The molecule has 0 heterocycles. The Morgan fingerprint density at radius 1 is 0.957 bits per heavy atom. The molecular formula is C16H11F4NO2. The number of hydrogen-bond donors (Lipinski definition) is 1. The molecule has 2 aromatic rings. The highest BCUT2D eigenvalue weighted by atomic mass is 19.4. The molecule has 0 aliphatic carbocycles. The van der Waals surface area contributed by atoms with E-state index in [0.29, 0.717) is 16.7 Å². The van der Waals surface area contributed by atoms with Crippen LogP contribution in [0.5, 0.6) is 5.75 Å². The summed E-state index contributed by atoms with van der Waals surface area (Å²) < 4.78 is 53.2. The van der Waals surface area contributed by atoms with Crippen molar-refractivity contribution in [3.05, 3.63) is 71.6 Å². The standard InChI is InChI=1S/C16H11F4NO2/c17-12-5-1-10(2-6-12)14(9-15(21)22)11-3-7-13(8-4-11)23-16(18,19)20/h1-9H,(H2,21,22)/b14-9-. The molecule has 0 aliphatic heterocycles. The summed E-state index contributed by atoms with van der Waals surface area (Å²) in [6.45, 7) is 0. The first-order chi connectivity index (χ1) is 10.7. The van der Waals surface area contributed by atoms with Crippen molar-refractivity contribution in [1.29, 1.82) is 0 Å². The zero-order valence-electron chi connectivity index (χ0n) is 11.6. The number of carbonyl (C=O) groups excluding carboxylic acids is 1. The number of hydrogen-bond acceptors (Lipinski definition) is 2. The molecule has 0 unspecified atom stereocenters. The molecular weight excluding hydrogens is 314 g/mol. The highest BCUT2D eigenvalue weighted by molar-refractivity contribution is 5.98. The predicted molar refractivity (Wildman–Crippen MR) is 75.8 cm³/mol. The van der Waals surface area contributed by atoms with Crippen LogP contribution in [0.1, 0.15) is 11.1 Å². The quantitative estimate of drug-likeness (QED) is 0.689. The van der Waals surface area contributed by atoms with Gasteiger partial charge in [0.15, 0.2) is 0 Å². The molecule has 1 amide bonds. The van der Waals surface area contributed by atoms with Gasteiger partial charge in [-0.3, -0.25) is 4.79 Å². The third kappa shape index (κ3) is 4.84. The maximum absolute atomic E-state index is 13.0. The van der Waals surface area contributed by atoms with E-state index in [2.05, 4.69) is 4.74 Å². The maximum Gasteiger partial charge on any atom is 0.573 e. The van der Waals surface area contributed by atoms with Crippen molar-refractivity contribution >= 4 is 11.5 Å². The van der Waals surface area contributed by atoms with E-state index in [0.717, 1.165) is 18.2 Å². The van der Waals surface area contributed by atoms with Gasteiger partial charge in [0.05, 0.1) is 0 Å². The van der Waals surface area contributed by atoms with E-state index in [-0.39, 0.29) is 0 Å². The first kappa shape index (κ1) is 16.5. The van der Waals surface area contributed by atoms with Crippen molar-refractivity contribution in [3.63, 3.8) is 0 Å². The number of halogens is 4. The molecule has 0 saturated heterocycles. The number of ether oxygens (including phenoxy) is 1. The fourth-order valence-electron chi connectivity index (χ4n) is 1.94. The van der Waals surface area contributed by atoms with Gasteiger partial charge in [-0.05, 0) is 41.0 Å². The van der Waals surface area contributed by atoms with Crippen LogP contribution >= 0.6 is 0 Å². The van der Waals surface area contributed by atoms with Crippen LogP contribution in [0, 0.1) is 5.82 Å². The highest BCUT2D eigenvalue weighted by Crippen LogP contribution is 2.28. The van der Waals surface area contributed by atoms with Gasteiger partial charge in [0.25, 0.3) is 0 Å². The molecule has 7 heteroatoms. The van der Waals surface area contributed by atoms with E-state index in [9.17, 15) is 22.4 Å². The molecule has 2 aromatic carbocycles. The highest BCUT2D eigenvalue weighted by Gasteiger charge is 2.31. The largest absolute Gasteiger partial charge is 0.573 e. The van der Waals surface area contributed by atoms with Crippen molar-refractivity contribution in [1.82, 2.24) is 0 Å². The molecule has 0 aromatic heterocycles. The molecule has 2 rings (SSSR count). The van der Waals surface area contributed by atoms with Crippen LogP contribution in [0.3, 0.4) is 0 Å². The minimum atomic E-state index is -4.79. The molecule has 0 fully saturated rings. The molecule has 2 N–H and O–H groups in total. The van der Waals surface area contributed by atoms with E-state index < -0.39 is 23.8 Å². The third-order valence-corrected chi connectivity index (χ3v) is 2.84. The summed E-state index contributed by atoms with van der Waals surface area (Å²) in [6.07, 6.45) is -3.67. The Morgan fingerprint density at radius 3 is 1.87 bits per heavy atom. The summed E-state index contributed by atoms with van der Waals surface area (Å²) in [6, 6.07) is 10.2. The van der Waals surface area contributed by atoms with Crippen molar-refractivity contribution in [2.24, 2.45) is 5.73 Å². The fraction of sp³-hybridized carbons (Fsp3) is 0.0625. The smallest absolute Gasteiger partial charge is 0.406 e. The molecule has 0 spiro atoms. The number of carbonyl (C=O) groups is 1. The zero-order chi connectivity index (χ0) is 17.0. The van der Waals surface area contributed by atoms with Gasteiger partial charge in [-0.15, -0.1) is 13.2 Å². The Bertz CT molecular complexity index is 719. The van der Waals surface area contributed by atoms with Crippen molar-refractivity contribution < 1.29 is 27.1 Å². The molecule has 0 radical (unpaired) electrons. The molecule has 3 nitrogen and oxygen atoms in total. The Morgan fingerprint density at radius 2 is 1.43 bits per heavy atom. The van der Waals surface area contributed by atoms with Crippen molar-refractivity contribution in [2.45, 2.75) is 6.36 Å². The van der Waals surface area contributed by atoms with Crippen LogP contribution in [0.4, 0.5) is 17.6 Å². The molecule has 120 valence electrons. The Labute approximate surface area is 129 Å². The van der Waals surface area contributed by atoms with E-state index in [1.54, 1.807) is 0 Å². The van der Waals surface area contributed by atoms with Crippen LogP contribution in [0.2, 0.25) is 0 Å². The average Bonchev–Trinajstić information content (AvgIpc) is 2.45. The van der Waals surface area contributed by atoms with Gasteiger partial charge < -0.3 is 10.5 Å². The van der Waals surface area contributed by atoms with Gasteiger partial charge >= 0.3 is 6.36 Å². The van der Waals surface area contributed by atoms with Crippen molar-refractivity contribution in [3.8, 4) is 5.75 Å². The normalized spacial score (nSPS) is 12.1. The van der Waals surface area contributed by atoms with Gasteiger partial charge in [0.1, 0.15) is 11.6 Å². The molecule has 0 atom stereocenters. The fourth-order valence-corrected chi connectivity index (χ4v) is 1.94. The summed E-state index contributed by atoms with van der Waals surface area (Å²) in [5.74, 6) is -1.58. The topological polar surface area (TPSA) is 52.3 Å². The lowest BCUT2D eigenvalue weighted by Crippen LogP contribution is -2.17. The molecule has 23 heavy (non-hydrogen) atoms. The van der Waals surface area contributed by atoms with E-state index in [4.69, 9.17) is 5.73 Å². The predicted octanol–water partition coefficient (Wildman–Crippen LogP) is 3.64. The Kier molecular flexibility index (Phi) is 4.68. The van der Waals surface area contributed by atoms with E-state index in [1.165, 1.54) is 36.4 Å². The number of alkyl halides is 3. The number of amides is 1. The molecule has 0 aliphatic rings. The second-order valence-corrected chi connectivity index (χ2v) is 4.54. The SMILES string of the molecule is NC(=O)/C=C(/c1ccc(F)cc1)c1ccc(OC(F)(F)F)cc1. The number of primary amides is 1. The first-order valence-corrected chi connectivity index (χ1v) is 6.38. The van der Waals surface area contributed by atoms with E-state index >= 15 is 0 Å². The van der Waals surface area contributed by atoms with Crippen LogP contribution in [-0.2, 0) is 4.79 Å². The van der Waals surface area contributed by atoms with Crippen LogP contribution in [-0.4, -0.2) is 12.3 Å².